The molecule has 1 heterocycles. The number of carbonyl (C=O) groups is 2. The molecule has 0 spiro atoms. The predicted octanol–water partition coefficient (Wildman–Crippen LogP) is 5.06. The molecule has 0 N–H and O–H groups in total. The molecule has 10 nitrogen and oxygen atoms in total. The van der Waals surface area contributed by atoms with Crippen LogP contribution >= 0.6 is 11.8 Å². The Labute approximate surface area is 220 Å². The average molecular weight is 559 g/mol. The lowest BCUT2D eigenvalue weighted by Crippen LogP contribution is -2.27. The molecule has 0 radical (unpaired) electrons. The number of ether oxygens (including phenoxy) is 1. The van der Waals surface area contributed by atoms with Crippen LogP contribution in [-0.4, -0.2) is 36.5 Å². The topological polar surface area (TPSA) is 133 Å². The van der Waals surface area contributed by atoms with Crippen molar-refractivity contribution in [3.8, 4) is 11.5 Å². The molecule has 0 atom stereocenters. The fraction of sp³-hybridized carbons (Fsp3) is 0.120. The Morgan fingerprint density at radius 1 is 1.05 bits per heavy atom. The van der Waals surface area contributed by atoms with Gasteiger partial charge in [-0.15, -0.1) is 0 Å². The number of imide groups is 1. The molecule has 0 aromatic heterocycles. The van der Waals surface area contributed by atoms with E-state index in [1.165, 1.54) is 74.7 Å². The second kappa shape index (κ2) is 10.6. The zero-order chi connectivity index (χ0) is 27.6. The predicted molar refractivity (Wildman–Crippen MR) is 137 cm³/mol. The number of aryl methyl sites for hydroxylation is 1. The van der Waals surface area contributed by atoms with Crippen LogP contribution in [0.4, 0.5) is 14.9 Å². The molecule has 0 saturated carbocycles. The van der Waals surface area contributed by atoms with Gasteiger partial charge in [-0.05, 0) is 66.2 Å². The summed E-state index contributed by atoms with van der Waals surface area (Å²) in [5.74, 6) is -1.14. The van der Waals surface area contributed by atoms with Crippen LogP contribution in [0.25, 0.3) is 6.08 Å². The molecule has 3 aromatic rings. The molecule has 0 aliphatic carbocycles. The quantitative estimate of drug-likeness (QED) is 0.161. The third kappa shape index (κ3) is 5.68. The number of nitro groups is 1. The van der Waals surface area contributed by atoms with Crippen LogP contribution in [0.5, 0.6) is 11.5 Å². The first-order valence-electron chi connectivity index (χ1n) is 10.9. The number of halogens is 1. The van der Waals surface area contributed by atoms with E-state index in [2.05, 4.69) is 0 Å². The molecule has 38 heavy (non-hydrogen) atoms. The molecule has 0 bridgehead atoms. The van der Waals surface area contributed by atoms with Crippen molar-refractivity contribution in [2.24, 2.45) is 0 Å². The van der Waals surface area contributed by atoms with Crippen molar-refractivity contribution >= 4 is 44.8 Å². The van der Waals surface area contributed by atoms with Crippen LogP contribution in [-0.2, 0) is 21.5 Å². The van der Waals surface area contributed by atoms with Crippen LogP contribution in [0.2, 0.25) is 0 Å². The lowest BCUT2D eigenvalue weighted by molar-refractivity contribution is -0.385. The average Bonchev–Trinajstić information content (AvgIpc) is 3.13. The lowest BCUT2D eigenvalue weighted by atomic mass is 10.1. The number of nitro benzene ring substituents is 1. The van der Waals surface area contributed by atoms with Gasteiger partial charge in [0, 0.05) is 11.6 Å². The number of rotatable bonds is 8. The van der Waals surface area contributed by atoms with E-state index in [1.54, 1.807) is 0 Å². The molecule has 1 saturated heterocycles. The second-order valence-electron chi connectivity index (χ2n) is 8.05. The number of hydrogen-bond donors (Lipinski definition) is 0. The van der Waals surface area contributed by atoms with E-state index in [0.29, 0.717) is 11.1 Å². The van der Waals surface area contributed by atoms with Gasteiger partial charge in [0.2, 0.25) is 0 Å². The van der Waals surface area contributed by atoms with E-state index in [9.17, 15) is 32.5 Å². The summed E-state index contributed by atoms with van der Waals surface area (Å²) in [6.45, 7) is 1.46. The van der Waals surface area contributed by atoms with Crippen molar-refractivity contribution in [3.05, 3.63) is 98.2 Å². The first-order valence-corrected chi connectivity index (χ1v) is 13.1. The molecule has 1 aliphatic heterocycles. The highest BCUT2D eigenvalue weighted by Gasteiger charge is 2.35. The summed E-state index contributed by atoms with van der Waals surface area (Å²) < 4.78 is 49.1. The van der Waals surface area contributed by atoms with Gasteiger partial charge >= 0.3 is 10.1 Å². The third-order valence-corrected chi connectivity index (χ3v) is 7.62. The Morgan fingerprint density at radius 3 is 2.42 bits per heavy atom. The number of amides is 2. The number of hydrogen-bond acceptors (Lipinski definition) is 9. The molecular weight excluding hydrogens is 539 g/mol. The van der Waals surface area contributed by atoms with Crippen LogP contribution in [0.3, 0.4) is 0 Å². The number of methoxy groups -OCH3 is 1. The molecule has 196 valence electrons. The van der Waals surface area contributed by atoms with Gasteiger partial charge in [-0.1, -0.05) is 24.3 Å². The minimum absolute atomic E-state index is 0.00878. The van der Waals surface area contributed by atoms with Crippen molar-refractivity contribution < 1.29 is 36.2 Å². The first kappa shape index (κ1) is 26.8. The van der Waals surface area contributed by atoms with Gasteiger partial charge in [0.25, 0.3) is 16.8 Å². The zero-order valence-corrected chi connectivity index (χ0v) is 21.5. The smallest absolute Gasteiger partial charge is 0.339 e. The number of nitrogens with zero attached hydrogens (tertiary/aromatic N) is 2. The monoisotopic (exact) mass is 558 g/mol. The molecule has 3 aromatic carbocycles. The lowest BCUT2D eigenvalue weighted by Gasteiger charge is -2.12. The number of carbonyl (C=O) groups excluding carboxylic acids is 2. The van der Waals surface area contributed by atoms with E-state index < -0.39 is 36.9 Å². The van der Waals surface area contributed by atoms with Crippen LogP contribution < -0.4 is 8.92 Å². The fourth-order valence-corrected chi connectivity index (χ4v) is 5.31. The summed E-state index contributed by atoms with van der Waals surface area (Å²) in [6, 6.07) is 13.0. The summed E-state index contributed by atoms with van der Waals surface area (Å²) in [7, 11) is -3.16. The SMILES string of the molecule is COc1cc(/C=C2\SC(=O)N(Cc3ccc(F)cc3)C2=O)ccc1OS(=O)(=O)c1ccc(C)c([N+](=O)[O-])c1. The molecule has 1 aliphatic rings. The standard InChI is InChI=1S/C25H19FN2O8S2/c1-15-3-9-19(13-20(15)28(31)32)38(33,34)36-21-10-6-17(11-22(21)35-2)12-23-24(29)27(25(30)37-23)14-16-4-7-18(26)8-5-16/h3-13H,14H2,1-2H3/b23-12-. The number of thioether (sulfide) groups is 1. The van der Waals surface area contributed by atoms with Crippen molar-refractivity contribution in [2.75, 3.05) is 7.11 Å². The molecule has 13 heteroatoms. The van der Waals surface area contributed by atoms with E-state index in [-0.39, 0.29) is 34.2 Å². The van der Waals surface area contributed by atoms with Crippen LogP contribution in [0.1, 0.15) is 16.7 Å². The van der Waals surface area contributed by atoms with E-state index in [4.69, 9.17) is 8.92 Å². The van der Waals surface area contributed by atoms with Crippen molar-refractivity contribution in [2.45, 2.75) is 18.4 Å². The Morgan fingerprint density at radius 2 is 1.76 bits per heavy atom. The highest BCUT2D eigenvalue weighted by atomic mass is 32.2. The van der Waals surface area contributed by atoms with Crippen molar-refractivity contribution in [1.29, 1.82) is 0 Å². The maximum absolute atomic E-state index is 13.1. The van der Waals surface area contributed by atoms with Crippen LogP contribution in [0, 0.1) is 22.9 Å². The van der Waals surface area contributed by atoms with Crippen LogP contribution in [0.15, 0.2) is 70.5 Å². The van der Waals surface area contributed by atoms with Gasteiger partial charge in [0.05, 0.1) is 23.5 Å². The van der Waals surface area contributed by atoms with E-state index in [1.807, 2.05) is 0 Å². The Balaban J connectivity index is 1.56. The zero-order valence-electron chi connectivity index (χ0n) is 19.9. The molecule has 0 unspecified atom stereocenters. The Bertz CT molecular complexity index is 1590. The molecule has 2 amide bonds. The van der Waals surface area contributed by atoms with Gasteiger partial charge in [0.1, 0.15) is 10.7 Å². The minimum Gasteiger partial charge on any atom is -0.493 e. The molecule has 1 fully saturated rings. The van der Waals surface area contributed by atoms with Crippen molar-refractivity contribution in [3.63, 3.8) is 0 Å². The van der Waals surface area contributed by atoms with E-state index in [0.717, 1.165) is 22.7 Å². The highest BCUT2D eigenvalue weighted by molar-refractivity contribution is 8.18. The van der Waals surface area contributed by atoms with Crippen molar-refractivity contribution in [1.82, 2.24) is 4.90 Å². The summed E-state index contributed by atoms with van der Waals surface area (Å²) in [5, 5.41) is 10.7. The first-order chi connectivity index (χ1) is 18.0. The Kier molecular flexibility index (Phi) is 7.51. The second-order valence-corrected chi connectivity index (χ2v) is 10.6. The minimum atomic E-state index is -4.44. The number of benzene rings is 3. The van der Waals surface area contributed by atoms with E-state index >= 15 is 0 Å². The largest absolute Gasteiger partial charge is 0.493 e. The molecule has 4 rings (SSSR count). The van der Waals surface area contributed by atoms with Gasteiger partial charge < -0.3 is 8.92 Å². The maximum atomic E-state index is 13.1. The Hall–Kier alpha value is -4.23. The summed E-state index contributed by atoms with van der Waals surface area (Å²) >= 11 is 0.730. The summed E-state index contributed by atoms with van der Waals surface area (Å²) in [5.41, 5.74) is 0.923. The van der Waals surface area contributed by atoms with Gasteiger partial charge in [0.15, 0.2) is 11.5 Å². The summed E-state index contributed by atoms with van der Waals surface area (Å²) in [4.78, 5) is 36.5. The normalized spacial score (nSPS) is 14.7. The molecular formula is C25H19FN2O8S2. The van der Waals surface area contributed by atoms with Gasteiger partial charge in [-0.3, -0.25) is 24.6 Å². The van der Waals surface area contributed by atoms with Gasteiger partial charge in [-0.2, -0.15) is 8.42 Å². The maximum Gasteiger partial charge on any atom is 0.339 e. The highest BCUT2D eigenvalue weighted by Crippen LogP contribution is 2.36. The summed E-state index contributed by atoms with van der Waals surface area (Å²) in [6.07, 6.45) is 1.44. The fourth-order valence-electron chi connectivity index (χ4n) is 3.51. The van der Waals surface area contributed by atoms with Gasteiger partial charge in [-0.25, -0.2) is 4.39 Å². The third-order valence-electron chi connectivity index (χ3n) is 5.48.